The molecule has 0 saturated carbocycles. The number of carbonyl (C=O) groups is 2. The summed E-state index contributed by atoms with van der Waals surface area (Å²) in [6, 6.07) is 8.52. The molecule has 0 aromatic heterocycles. The molecule has 18 heavy (non-hydrogen) atoms. The largest absolute Gasteiger partial charge is 0.481 e. The van der Waals surface area contributed by atoms with Gasteiger partial charge in [0.2, 0.25) is 0 Å². The fourth-order valence-electron chi connectivity index (χ4n) is 1.25. The average Bonchev–Trinajstić information content (AvgIpc) is 2.34. The molecule has 0 aliphatic rings. The summed E-state index contributed by atoms with van der Waals surface area (Å²) in [6.45, 7) is 0.287. The van der Waals surface area contributed by atoms with Gasteiger partial charge in [0.15, 0.2) is 0 Å². The number of hydrogen-bond donors (Lipinski definition) is 3. The Hall–Kier alpha value is -2.08. The van der Waals surface area contributed by atoms with Crippen molar-refractivity contribution in [2.75, 3.05) is 11.9 Å². The summed E-state index contributed by atoms with van der Waals surface area (Å²) >= 11 is 0. The molecule has 3 N–H and O–H groups in total. The predicted octanol–water partition coefficient (Wildman–Crippen LogP) is 1.99. The summed E-state index contributed by atoms with van der Waals surface area (Å²) in [7, 11) is 0. The number of unbranched alkanes of at least 4 members (excludes halogenated alkanes) is 1. The minimum Gasteiger partial charge on any atom is -0.481 e. The van der Waals surface area contributed by atoms with Gasteiger partial charge in [-0.1, -0.05) is 18.2 Å². The lowest BCUT2D eigenvalue weighted by Crippen LogP contribution is -2.29. The number of benzene rings is 1. The monoisotopic (exact) mass is 252 g/mol. The van der Waals surface area contributed by atoms with E-state index in [-0.39, 0.29) is 13.0 Å². The highest BCUT2D eigenvalue weighted by Crippen LogP contribution is 2.04. The molecule has 1 aromatic rings. The van der Waals surface area contributed by atoms with Crippen molar-refractivity contribution in [3.05, 3.63) is 30.3 Å². The Labute approximate surface area is 105 Å². The van der Waals surface area contributed by atoms with Crippen molar-refractivity contribution in [3.63, 3.8) is 0 Å². The number of carboxylic acid groups (broad SMARTS) is 1. The Morgan fingerprint density at radius 1 is 1.17 bits per heavy atom. The molecule has 0 aliphatic heterocycles. The molecular weight excluding hydrogens is 236 g/mol. The average molecular weight is 252 g/mol. The minimum absolute atomic E-state index is 0.111. The number of rotatable bonds is 7. The maximum absolute atomic E-state index is 11.3. The van der Waals surface area contributed by atoms with Crippen LogP contribution in [0.4, 0.5) is 10.5 Å². The van der Waals surface area contributed by atoms with E-state index in [1.807, 2.05) is 18.2 Å². The third-order valence-corrected chi connectivity index (χ3v) is 2.08. The van der Waals surface area contributed by atoms with E-state index >= 15 is 0 Å². The Morgan fingerprint density at radius 2 is 1.89 bits per heavy atom. The first kappa shape index (κ1) is 14.0. The van der Waals surface area contributed by atoms with Crippen LogP contribution in [0.5, 0.6) is 0 Å². The number of urea groups is 1. The molecule has 0 fully saturated rings. The van der Waals surface area contributed by atoms with E-state index in [0.29, 0.717) is 18.5 Å². The van der Waals surface area contributed by atoms with Crippen molar-refractivity contribution < 1.29 is 19.5 Å². The fourth-order valence-corrected chi connectivity index (χ4v) is 1.25. The van der Waals surface area contributed by atoms with Crippen LogP contribution < -0.4 is 10.8 Å². The van der Waals surface area contributed by atoms with Gasteiger partial charge in [0.05, 0.1) is 6.61 Å². The van der Waals surface area contributed by atoms with E-state index in [4.69, 9.17) is 9.94 Å². The lowest BCUT2D eigenvalue weighted by Gasteiger charge is -2.07. The molecule has 1 aromatic carbocycles. The Bertz CT molecular complexity index is 381. The lowest BCUT2D eigenvalue weighted by molar-refractivity contribution is -0.137. The second kappa shape index (κ2) is 8.08. The summed E-state index contributed by atoms with van der Waals surface area (Å²) in [5.41, 5.74) is 2.89. The summed E-state index contributed by atoms with van der Waals surface area (Å²) < 4.78 is 0. The molecule has 0 aliphatic carbocycles. The molecule has 0 spiro atoms. The van der Waals surface area contributed by atoms with Crippen LogP contribution in [0, 0.1) is 0 Å². The van der Waals surface area contributed by atoms with Gasteiger partial charge in [-0.05, 0) is 25.0 Å². The van der Waals surface area contributed by atoms with Crippen molar-refractivity contribution in [1.82, 2.24) is 5.48 Å². The third-order valence-electron chi connectivity index (χ3n) is 2.08. The summed E-state index contributed by atoms with van der Waals surface area (Å²) in [6.07, 6.45) is 1.22. The Kier molecular flexibility index (Phi) is 6.27. The van der Waals surface area contributed by atoms with Crippen LogP contribution in [-0.2, 0) is 9.63 Å². The first-order chi connectivity index (χ1) is 8.68. The van der Waals surface area contributed by atoms with E-state index in [1.165, 1.54) is 0 Å². The Balaban J connectivity index is 2.05. The van der Waals surface area contributed by atoms with Gasteiger partial charge < -0.3 is 10.4 Å². The number of nitrogens with one attached hydrogen (secondary N) is 2. The third kappa shape index (κ3) is 6.49. The van der Waals surface area contributed by atoms with Crippen LogP contribution in [0.3, 0.4) is 0 Å². The number of anilines is 1. The number of hydroxylamine groups is 1. The zero-order valence-corrected chi connectivity index (χ0v) is 9.89. The van der Waals surface area contributed by atoms with Crippen molar-refractivity contribution in [2.24, 2.45) is 0 Å². The number of hydrogen-bond acceptors (Lipinski definition) is 3. The molecule has 0 saturated heterocycles. The second-order valence-electron chi connectivity index (χ2n) is 3.62. The maximum atomic E-state index is 11.3. The van der Waals surface area contributed by atoms with E-state index in [9.17, 15) is 9.59 Å². The van der Waals surface area contributed by atoms with Gasteiger partial charge in [-0.2, -0.15) is 0 Å². The smallest absolute Gasteiger partial charge is 0.343 e. The van der Waals surface area contributed by atoms with Gasteiger partial charge in [-0.3, -0.25) is 9.63 Å². The molecule has 6 nitrogen and oxygen atoms in total. The second-order valence-corrected chi connectivity index (χ2v) is 3.62. The molecule has 0 bridgehead atoms. The van der Waals surface area contributed by atoms with Crippen LogP contribution in [-0.4, -0.2) is 23.7 Å². The highest BCUT2D eigenvalue weighted by atomic mass is 16.7. The van der Waals surface area contributed by atoms with Gasteiger partial charge in [0, 0.05) is 12.1 Å². The van der Waals surface area contributed by atoms with Crippen LogP contribution in [0.15, 0.2) is 30.3 Å². The van der Waals surface area contributed by atoms with Crippen molar-refractivity contribution in [1.29, 1.82) is 0 Å². The van der Waals surface area contributed by atoms with Crippen LogP contribution in [0.2, 0.25) is 0 Å². The number of para-hydroxylation sites is 1. The zero-order valence-electron chi connectivity index (χ0n) is 9.89. The summed E-state index contributed by atoms with van der Waals surface area (Å²) in [4.78, 5) is 26.4. The lowest BCUT2D eigenvalue weighted by atomic mass is 10.2. The van der Waals surface area contributed by atoms with Gasteiger partial charge in [-0.15, -0.1) is 0 Å². The number of amides is 2. The first-order valence-corrected chi connectivity index (χ1v) is 5.64. The predicted molar refractivity (Wildman–Crippen MR) is 66.0 cm³/mol. The van der Waals surface area contributed by atoms with Gasteiger partial charge in [0.1, 0.15) is 0 Å². The maximum Gasteiger partial charge on any atom is 0.343 e. The van der Waals surface area contributed by atoms with Gasteiger partial charge in [-0.25, -0.2) is 10.3 Å². The molecule has 0 radical (unpaired) electrons. The number of carbonyl (C=O) groups excluding carboxylic acids is 1. The van der Waals surface area contributed by atoms with Crippen LogP contribution >= 0.6 is 0 Å². The molecule has 0 heterocycles. The van der Waals surface area contributed by atoms with Gasteiger partial charge >= 0.3 is 12.0 Å². The molecule has 0 atom stereocenters. The van der Waals surface area contributed by atoms with Crippen molar-refractivity contribution in [3.8, 4) is 0 Å². The normalized spacial score (nSPS) is 9.78. The molecule has 6 heteroatoms. The van der Waals surface area contributed by atoms with Crippen LogP contribution in [0.1, 0.15) is 19.3 Å². The highest BCUT2D eigenvalue weighted by molar-refractivity contribution is 5.88. The number of aliphatic carboxylic acids is 1. The van der Waals surface area contributed by atoms with E-state index in [1.54, 1.807) is 12.1 Å². The minimum atomic E-state index is -0.829. The highest BCUT2D eigenvalue weighted by Gasteiger charge is 2.01. The zero-order chi connectivity index (χ0) is 13.2. The first-order valence-electron chi connectivity index (χ1n) is 5.64. The number of carboxylic acids is 1. The standard InChI is InChI=1S/C12H16N2O4/c15-11(16)8-4-5-9-18-14-12(17)13-10-6-2-1-3-7-10/h1-3,6-7H,4-5,8-9H2,(H,15,16)(H2,13,14,17). The van der Waals surface area contributed by atoms with E-state index in [2.05, 4.69) is 10.8 Å². The molecule has 1 rings (SSSR count). The molecule has 2 amide bonds. The topological polar surface area (TPSA) is 87.7 Å². The summed E-state index contributed by atoms with van der Waals surface area (Å²) in [5.74, 6) is -0.829. The van der Waals surface area contributed by atoms with E-state index in [0.717, 1.165) is 0 Å². The fraction of sp³-hybridized carbons (Fsp3) is 0.333. The molecular formula is C12H16N2O4. The molecule has 98 valence electrons. The SMILES string of the molecule is O=C(O)CCCCONC(=O)Nc1ccccc1. The quantitative estimate of drug-likeness (QED) is 0.511. The van der Waals surface area contributed by atoms with Crippen LogP contribution in [0.25, 0.3) is 0 Å². The van der Waals surface area contributed by atoms with Gasteiger partial charge in [0.25, 0.3) is 0 Å². The summed E-state index contributed by atoms with van der Waals surface area (Å²) in [5, 5.41) is 11.0. The molecule has 0 unspecified atom stereocenters. The van der Waals surface area contributed by atoms with E-state index < -0.39 is 12.0 Å². The van der Waals surface area contributed by atoms with Crippen molar-refractivity contribution in [2.45, 2.75) is 19.3 Å². The Morgan fingerprint density at radius 3 is 2.56 bits per heavy atom. The van der Waals surface area contributed by atoms with Crippen molar-refractivity contribution >= 4 is 17.7 Å².